The molecule has 0 unspecified atom stereocenters. The molecule has 4 nitrogen and oxygen atoms in total. The highest BCUT2D eigenvalue weighted by atomic mass is 16.3. The number of hydrogen-bond acceptors (Lipinski definition) is 3. The molecule has 96 valence electrons. The van der Waals surface area contributed by atoms with Gasteiger partial charge in [-0.2, -0.15) is 0 Å². The molecular formula is C12H26N2O2. The second kappa shape index (κ2) is 9.60. The molecular weight excluding hydrogens is 204 g/mol. The lowest BCUT2D eigenvalue weighted by Crippen LogP contribution is -2.38. The summed E-state index contributed by atoms with van der Waals surface area (Å²) in [6.45, 7) is 5.16. The first-order chi connectivity index (χ1) is 7.63. The third kappa shape index (κ3) is 6.80. The van der Waals surface area contributed by atoms with Crippen LogP contribution in [0, 0.1) is 0 Å². The zero-order valence-electron chi connectivity index (χ0n) is 10.6. The van der Waals surface area contributed by atoms with Crippen LogP contribution in [0.15, 0.2) is 0 Å². The number of carbonyl (C=O) groups is 1. The second-order valence-corrected chi connectivity index (χ2v) is 4.36. The largest absolute Gasteiger partial charge is 0.395 e. The minimum Gasteiger partial charge on any atom is -0.395 e. The standard InChI is InChI=1S/C12H26N2O2/c1-11(2)14(9-10-15)12(16)7-5-3-4-6-8-13/h11,15H,3-10,13H2,1-2H3. The Kier molecular flexibility index (Phi) is 9.24. The summed E-state index contributed by atoms with van der Waals surface area (Å²) in [6, 6.07) is 0.170. The number of carbonyl (C=O) groups excluding carboxylic acids is 1. The van der Waals surface area contributed by atoms with Crippen molar-refractivity contribution in [2.75, 3.05) is 19.7 Å². The lowest BCUT2D eigenvalue weighted by molar-refractivity contribution is -0.133. The van der Waals surface area contributed by atoms with Crippen LogP contribution in [0.3, 0.4) is 0 Å². The van der Waals surface area contributed by atoms with E-state index in [9.17, 15) is 4.79 Å². The van der Waals surface area contributed by atoms with Crippen molar-refractivity contribution in [1.29, 1.82) is 0 Å². The summed E-state index contributed by atoms with van der Waals surface area (Å²) < 4.78 is 0. The molecule has 0 rings (SSSR count). The smallest absolute Gasteiger partial charge is 0.222 e. The zero-order valence-corrected chi connectivity index (χ0v) is 10.6. The number of aliphatic hydroxyl groups excluding tert-OH is 1. The molecule has 0 radical (unpaired) electrons. The highest BCUT2D eigenvalue weighted by Gasteiger charge is 2.15. The van der Waals surface area contributed by atoms with Gasteiger partial charge in [0.1, 0.15) is 0 Å². The fourth-order valence-corrected chi connectivity index (χ4v) is 1.70. The van der Waals surface area contributed by atoms with E-state index in [0.717, 1.165) is 32.2 Å². The van der Waals surface area contributed by atoms with Crippen LogP contribution >= 0.6 is 0 Å². The fourth-order valence-electron chi connectivity index (χ4n) is 1.70. The molecule has 16 heavy (non-hydrogen) atoms. The van der Waals surface area contributed by atoms with Gasteiger partial charge in [0.05, 0.1) is 6.61 Å². The number of nitrogens with two attached hydrogens (primary N) is 1. The maximum absolute atomic E-state index is 11.8. The molecule has 0 aromatic heterocycles. The van der Waals surface area contributed by atoms with E-state index in [1.54, 1.807) is 4.90 Å². The molecule has 0 aromatic rings. The van der Waals surface area contributed by atoms with Crippen molar-refractivity contribution in [3.05, 3.63) is 0 Å². The summed E-state index contributed by atoms with van der Waals surface area (Å²) >= 11 is 0. The Morgan fingerprint density at radius 2 is 1.88 bits per heavy atom. The lowest BCUT2D eigenvalue weighted by atomic mass is 10.1. The van der Waals surface area contributed by atoms with Gasteiger partial charge in [-0.3, -0.25) is 4.79 Å². The third-order valence-corrected chi connectivity index (χ3v) is 2.63. The number of rotatable bonds is 9. The summed E-state index contributed by atoms with van der Waals surface area (Å²) in [4.78, 5) is 13.5. The van der Waals surface area contributed by atoms with Crippen molar-refractivity contribution in [2.24, 2.45) is 5.73 Å². The van der Waals surface area contributed by atoms with E-state index in [1.807, 2.05) is 13.8 Å². The number of amides is 1. The van der Waals surface area contributed by atoms with E-state index in [-0.39, 0.29) is 18.6 Å². The molecule has 0 saturated heterocycles. The minimum atomic E-state index is 0.0388. The molecule has 0 bridgehead atoms. The SMILES string of the molecule is CC(C)N(CCO)C(=O)CCCCCCN. The monoisotopic (exact) mass is 230 g/mol. The number of hydrogen-bond donors (Lipinski definition) is 2. The summed E-state index contributed by atoms with van der Waals surface area (Å²) in [5, 5.41) is 8.87. The minimum absolute atomic E-state index is 0.0388. The number of unbranched alkanes of at least 4 members (excludes halogenated alkanes) is 3. The Bertz CT molecular complexity index is 184. The fraction of sp³-hybridized carbons (Fsp3) is 0.917. The Balaban J connectivity index is 3.74. The van der Waals surface area contributed by atoms with E-state index >= 15 is 0 Å². The second-order valence-electron chi connectivity index (χ2n) is 4.36. The molecule has 0 aliphatic rings. The van der Waals surface area contributed by atoms with Crippen molar-refractivity contribution in [3.63, 3.8) is 0 Å². The molecule has 1 amide bonds. The summed E-state index contributed by atoms with van der Waals surface area (Å²) in [7, 11) is 0. The molecule has 0 saturated carbocycles. The van der Waals surface area contributed by atoms with Gasteiger partial charge in [-0.15, -0.1) is 0 Å². The van der Waals surface area contributed by atoms with E-state index in [4.69, 9.17) is 10.8 Å². The summed E-state index contributed by atoms with van der Waals surface area (Å²) in [5.74, 6) is 0.150. The van der Waals surface area contributed by atoms with Crippen LogP contribution in [-0.4, -0.2) is 41.7 Å². The van der Waals surface area contributed by atoms with Crippen LogP contribution < -0.4 is 5.73 Å². The van der Waals surface area contributed by atoms with Gasteiger partial charge in [0.25, 0.3) is 0 Å². The normalized spacial score (nSPS) is 10.8. The van der Waals surface area contributed by atoms with Gasteiger partial charge < -0.3 is 15.7 Å². The third-order valence-electron chi connectivity index (χ3n) is 2.63. The summed E-state index contributed by atoms with van der Waals surface area (Å²) in [5.41, 5.74) is 5.40. The van der Waals surface area contributed by atoms with Crippen molar-refractivity contribution in [2.45, 2.75) is 52.0 Å². The van der Waals surface area contributed by atoms with Crippen molar-refractivity contribution < 1.29 is 9.90 Å². The van der Waals surface area contributed by atoms with Crippen LogP contribution in [0.25, 0.3) is 0 Å². The van der Waals surface area contributed by atoms with Crippen molar-refractivity contribution >= 4 is 5.91 Å². The average molecular weight is 230 g/mol. The van der Waals surface area contributed by atoms with Gasteiger partial charge in [-0.25, -0.2) is 0 Å². The first kappa shape index (κ1) is 15.4. The molecule has 0 aliphatic carbocycles. The molecule has 0 aromatic carbocycles. The highest BCUT2D eigenvalue weighted by molar-refractivity contribution is 5.76. The number of nitrogens with zero attached hydrogens (tertiary/aromatic N) is 1. The van der Waals surface area contributed by atoms with Crippen LogP contribution in [0.2, 0.25) is 0 Å². The summed E-state index contributed by atoms with van der Waals surface area (Å²) in [6.07, 6.45) is 4.72. The molecule has 4 heteroatoms. The van der Waals surface area contributed by atoms with Gasteiger partial charge >= 0.3 is 0 Å². The van der Waals surface area contributed by atoms with Crippen molar-refractivity contribution in [3.8, 4) is 0 Å². The Morgan fingerprint density at radius 1 is 1.25 bits per heavy atom. The van der Waals surface area contributed by atoms with Crippen LogP contribution in [0.5, 0.6) is 0 Å². The van der Waals surface area contributed by atoms with E-state index < -0.39 is 0 Å². The maximum atomic E-state index is 11.8. The van der Waals surface area contributed by atoms with E-state index in [0.29, 0.717) is 13.0 Å². The van der Waals surface area contributed by atoms with Gasteiger partial charge in [0.2, 0.25) is 5.91 Å². The molecule has 0 fully saturated rings. The first-order valence-electron chi connectivity index (χ1n) is 6.23. The van der Waals surface area contributed by atoms with Crippen LogP contribution in [-0.2, 0) is 4.79 Å². The molecule has 0 heterocycles. The highest BCUT2D eigenvalue weighted by Crippen LogP contribution is 2.07. The van der Waals surface area contributed by atoms with Crippen molar-refractivity contribution in [1.82, 2.24) is 4.90 Å². The van der Waals surface area contributed by atoms with Gasteiger partial charge in [-0.1, -0.05) is 12.8 Å². The Labute approximate surface area is 98.8 Å². The van der Waals surface area contributed by atoms with E-state index in [1.165, 1.54) is 0 Å². The first-order valence-corrected chi connectivity index (χ1v) is 6.23. The molecule has 0 atom stereocenters. The molecule has 0 aliphatic heterocycles. The molecule has 3 N–H and O–H groups in total. The Morgan fingerprint density at radius 3 is 2.38 bits per heavy atom. The zero-order chi connectivity index (χ0) is 12.4. The van der Waals surface area contributed by atoms with Crippen LogP contribution in [0.1, 0.15) is 46.0 Å². The quantitative estimate of drug-likeness (QED) is 0.583. The van der Waals surface area contributed by atoms with Crippen LogP contribution in [0.4, 0.5) is 0 Å². The van der Waals surface area contributed by atoms with Gasteiger partial charge in [0.15, 0.2) is 0 Å². The number of aliphatic hydroxyl groups is 1. The lowest BCUT2D eigenvalue weighted by Gasteiger charge is -2.26. The topological polar surface area (TPSA) is 66.6 Å². The van der Waals surface area contributed by atoms with E-state index in [2.05, 4.69) is 0 Å². The maximum Gasteiger partial charge on any atom is 0.222 e. The predicted octanol–water partition coefficient (Wildman–Crippen LogP) is 1.12. The predicted molar refractivity (Wildman–Crippen MR) is 66.1 cm³/mol. The van der Waals surface area contributed by atoms with Gasteiger partial charge in [0, 0.05) is 19.0 Å². The molecule has 0 spiro atoms. The Hall–Kier alpha value is -0.610. The van der Waals surface area contributed by atoms with Gasteiger partial charge in [-0.05, 0) is 33.2 Å². The average Bonchev–Trinajstić information content (AvgIpc) is 2.24.